The predicted octanol–water partition coefficient (Wildman–Crippen LogP) is 3.93. The van der Waals surface area contributed by atoms with E-state index in [-0.39, 0.29) is 24.8 Å². The highest BCUT2D eigenvalue weighted by atomic mass is 32.1. The molecule has 2 aliphatic carbocycles. The standard InChI is InChI=1S/C14H17F2NOS/c15-14(16)5-3-11(4-6-14)17-13(18)10-7-12(19-8-10)9-1-2-9/h7-9,11H,1-6H2,(H,17,18). The molecule has 0 unspecified atom stereocenters. The lowest BCUT2D eigenvalue weighted by Gasteiger charge is -2.28. The number of rotatable bonds is 3. The fourth-order valence-electron chi connectivity index (χ4n) is 2.51. The first kappa shape index (κ1) is 13.0. The van der Waals surface area contributed by atoms with E-state index in [0.29, 0.717) is 24.3 Å². The highest BCUT2D eigenvalue weighted by Crippen LogP contribution is 2.43. The summed E-state index contributed by atoms with van der Waals surface area (Å²) in [7, 11) is 0. The predicted molar refractivity (Wildman–Crippen MR) is 71.0 cm³/mol. The molecule has 2 aliphatic rings. The van der Waals surface area contributed by atoms with Crippen LogP contribution in [0.2, 0.25) is 0 Å². The molecule has 2 nitrogen and oxygen atoms in total. The second-order valence-corrected chi connectivity index (χ2v) is 6.56. The number of carbonyl (C=O) groups excluding carboxylic acids is 1. The average molecular weight is 285 g/mol. The molecule has 0 aromatic carbocycles. The Morgan fingerprint density at radius 3 is 2.58 bits per heavy atom. The number of alkyl halides is 2. The first-order chi connectivity index (χ1) is 9.03. The zero-order valence-electron chi connectivity index (χ0n) is 10.6. The summed E-state index contributed by atoms with van der Waals surface area (Å²) in [5, 5.41) is 4.76. The topological polar surface area (TPSA) is 29.1 Å². The van der Waals surface area contributed by atoms with Crippen LogP contribution < -0.4 is 5.32 Å². The Kier molecular flexibility index (Phi) is 3.33. The van der Waals surface area contributed by atoms with Gasteiger partial charge in [-0.15, -0.1) is 11.3 Å². The van der Waals surface area contributed by atoms with Gasteiger partial charge >= 0.3 is 0 Å². The number of hydrogen-bond donors (Lipinski definition) is 1. The molecule has 1 N–H and O–H groups in total. The van der Waals surface area contributed by atoms with Gasteiger partial charge in [0.2, 0.25) is 5.92 Å². The van der Waals surface area contributed by atoms with E-state index < -0.39 is 5.92 Å². The Morgan fingerprint density at radius 2 is 1.95 bits per heavy atom. The van der Waals surface area contributed by atoms with Crippen LogP contribution in [-0.2, 0) is 0 Å². The third kappa shape index (κ3) is 3.14. The van der Waals surface area contributed by atoms with Gasteiger partial charge in [0.25, 0.3) is 5.91 Å². The maximum atomic E-state index is 13.0. The zero-order chi connectivity index (χ0) is 13.5. The maximum absolute atomic E-state index is 13.0. The van der Waals surface area contributed by atoms with Gasteiger partial charge in [-0.05, 0) is 37.7 Å². The van der Waals surface area contributed by atoms with E-state index in [1.807, 2.05) is 11.4 Å². The van der Waals surface area contributed by atoms with E-state index in [0.717, 1.165) is 0 Å². The largest absolute Gasteiger partial charge is 0.349 e. The number of nitrogens with one attached hydrogen (secondary N) is 1. The summed E-state index contributed by atoms with van der Waals surface area (Å²) in [4.78, 5) is 13.3. The molecule has 0 radical (unpaired) electrons. The monoisotopic (exact) mass is 285 g/mol. The first-order valence-corrected chi connectivity index (χ1v) is 7.69. The lowest BCUT2D eigenvalue weighted by atomic mass is 9.92. The fourth-order valence-corrected chi connectivity index (χ4v) is 3.57. The molecule has 104 valence electrons. The second-order valence-electron chi connectivity index (χ2n) is 5.62. The molecular weight excluding hydrogens is 268 g/mol. The lowest BCUT2D eigenvalue weighted by Crippen LogP contribution is -2.40. The molecule has 1 aromatic heterocycles. The van der Waals surface area contributed by atoms with Crippen LogP contribution in [0.15, 0.2) is 11.4 Å². The van der Waals surface area contributed by atoms with Crippen LogP contribution in [0.3, 0.4) is 0 Å². The summed E-state index contributed by atoms with van der Waals surface area (Å²) in [6.07, 6.45) is 2.96. The highest BCUT2D eigenvalue weighted by Gasteiger charge is 2.35. The quantitative estimate of drug-likeness (QED) is 0.895. The number of hydrogen-bond acceptors (Lipinski definition) is 2. The molecule has 3 rings (SSSR count). The van der Waals surface area contributed by atoms with Gasteiger partial charge in [-0.25, -0.2) is 8.78 Å². The molecule has 0 aliphatic heterocycles. The van der Waals surface area contributed by atoms with Gasteiger partial charge in [-0.3, -0.25) is 4.79 Å². The lowest BCUT2D eigenvalue weighted by molar-refractivity contribution is -0.0399. The van der Waals surface area contributed by atoms with Gasteiger partial charge in [0, 0.05) is 29.1 Å². The van der Waals surface area contributed by atoms with Crippen molar-refractivity contribution in [3.63, 3.8) is 0 Å². The summed E-state index contributed by atoms with van der Waals surface area (Å²) < 4.78 is 26.1. The van der Waals surface area contributed by atoms with Crippen molar-refractivity contribution in [2.24, 2.45) is 0 Å². The number of thiophene rings is 1. The minimum Gasteiger partial charge on any atom is -0.349 e. The van der Waals surface area contributed by atoms with Crippen LogP contribution in [0.5, 0.6) is 0 Å². The van der Waals surface area contributed by atoms with Crippen LogP contribution in [0.25, 0.3) is 0 Å². The average Bonchev–Trinajstić information content (AvgIpc) is 3.10. The first-order valence-electron chi connectivity index (χ1n) is 6.81. The number of carbonyl (C=O) groups is 1. The molecular formula is C14H17F2NOS. The van der Waals surface area contributed by atoms with Gasteiger partial charge in [0.05, 0.1) is 5.56 Å². The van der Waals surface area contributed by atoms with Crippen LogP contribution in [0.1, 0.15) is 59.7 Å². The normalized spacial score (nSPS) is 23.3. The number of amides is 1. The van der Waals surface area contributed by atoms with E-state index in [1.54, 1.807) is 11.3 Å². The van der Waals surface area contributed by atoms with Crippen molar-refractivity contribution in [2.45, 2.75) is 56.4 Å². The van der Waals surface area contributed by atoms with Gasteiger partial charge in [0.1, 0.15) is 0 Å². The van der Waals surface area contributed by atoms with E-state index in [1.165, 1.54) is 17.7 Å². The molecule has 0 atom stereocenters. The minimum atomic E-state index is -2.54. The molecule has 0 spiro atoms. The molecule has 0 saturated heterocycles. The molecule has 1 heterocycles. The van der Waals surface area contributed by atoms with Gasteiger partial charge < -0.3 is 5.32 Å². The third-order valence-corrected chi connectivity index (χ3v) is 5.01. The number of halogens is 2. The zero-order valence-corrected chi connectivity index (χ0v) is 11.4. The van der Waals surface area contributed by atoms with Crippen molar-refractivity contribution in [2.75, 3.05) is 0 Å². The van der Waals surface area contributed by atoms with Crippen molar-refractivity contribution in [3.05, 3.63) is 21.9 Å². The Bertz CT molecular complexity index is 472. The third-order valence-electron chi connectivity index (χ3n) is 3.91. The maximum Gasteiger partial charge on any atom is 0.252 e. The van der Waals surface area contributed by atoms with Crippen LogP contribution in [0.4, 0.5) is 8.78 Å². The Hall–Kier alpha value is -0.970. The molecule has 1 amide bonds. The molecule has 2 saturated carbocycles. The summed E-state index contributed by atoms with van der Waals surface area (Å²) in [6, 6.07) is 1.85. The smallest absolute Gasteiger partial charge is 0.252 e. The summed E-state index contributed by atoms with van der Waals surface area (Å²) in [5.41, 5.74) is 0.684. The van der Waals surface area contributed by atoms with E-state index in [4.69, 9.17) is 0 Å². The SMILES string of the molecule is O=C(NC1CCC(F)(F)CC1)c1csc(C2CC2)c1. The Labute approximate surface area is 115 Å². The van der Waals surface area contributed by atoms with Crippen molar-refractivity contribution in [3.8, 4) is 0 Å². The van der Waals surface area contributed by atoms with Crippen LogP contribution >= 0.6 is 11.3 Å². The van der Waals surface area contributed by atoms with E-state index in [9.17, 15) is 13.6 Å². The Balaban J connectivity index is 1.55. The van der Waals surface area contributed by atoms with Gasteiger partial charge in [-0.2, -0.15) is 0 Å². The molecule has 5 heteroatoms. The van der Waals surface area contributed by atoms with Crippen molar-refractivity contribution in [1.29, 1.82) is 0 Å². The molecule has 19 heavy (non-hydrogen) atoms. The van der Waals surface area contributed by atoms with E-state index in [2.05, 4.69) is 5.32 Å². The van der Waals surface area contributed by atoms with Crippen molar-refractivity contribution in [1.82, 2.24) is 5.32 Å². The summed E-state index contributed by atoms with van der Waals surface area (Å²) >= 11 is 1.63. The summed E-state index contributed by atoms with van der Waals surface area (Å²) in [5.74, 6) is -2.00. The second kappa shape index (κ2) is 4.85. The highest BCUT2D eigenvalue weighted by molar-refractivity contribution is 7.10. The van der Waals surface area contributed by atoms with Crippen LogP contribution in [0, 0.1) is 0 Å². The Morgan fingerprint density at radius 1 is 1.26 bits per heavy atom. The van der Waals surface area contributed by atoms with Crippen LogP contribution in [-0.4, -0.2) is 17.9 Å². The van der Waals surface area contributed by atoms with Crippen molar-refractivity contribution >= 4 is 17.2 Å². The molecule has 0 bridgehead atoms. The molecule has 1 aromatic rings. The van der Waals surface area contributed by atoms with E-state index >= 15 is 0 Å². The van der Waals surface area contributed by atoms with Crippen molar-refractivity contribution < 1.29 is 13.6 Å². The van der Waals surface area contributed by atoms with Gasteiger partial charge in [-0.1, -0.05) is 0 Å². The molecule has 2 fully saturated rings. The summed E-state index contributed by atoms with van der Waals surface area (Å²) in [6.45, 7) is 0. The minimum absolute atomic E-state index is 0.101. The van der Waals surface area contributed by atoms with Gasteiger partial charge in [0.15, 0.2) is 0 Å². The fraction of sp³-hybridized carbons (Fsp3) is 0.643.